The average Bonchev–Trinajstić information content (AvgIpc) is 3.05. The molecule has 0 aliphatic carbocycles. The van der Waals surface area contributed by atoms with Gasteiger partial charge in [0.2, 0.25) is 0 Å². The summed E-state index contributed by atoms with van der Waals surface area (Å²) in [5.74, 6) is 1.50. The Labute approximate surface area is 117 Å². The van der Waals surface area contributed by atoms with Crippen LogP contribution in [0.5, 0.6) is 0 Å². The molecule has 0 spiro atoms. The highest BCUT2D eigenvalue weighted by atomic mass is 15.1. The average molecular weight is 269 g/mol. The summed E-state index contributed by atoms with van der Waals surface area (Å²) in [7, 11) is 0. The Morgan fingerprint density at radius 1 is 1.35 bits per heavy atom. The van der Waals surface area contributed by atoms with Crippen LogP contribution >= 0.6 is 0 Å². The fourth-order valence-corrected chi connectivity index (χ4v) is 2.45. The molecule has 20 heavy (non-hydrogen) atoms. The van der Waals surface area contributed by atoms with E-state index in [4.69, 9.17) is 10.7 Å². The molecule has 0 saturated carbocycles. The van der Waals surface area contributed by atoms with Gasteiger partial charge in [-0.15, -0.1) is 0 Å². The molecular weight excluding hydrogens is 250 g/mol. The molecule has 5 heteroatoms. The van der Waals surface area contributed by atoms with Crippen LogP contribution in [0.25, 0.3) is 22.4 Å². The van der Waals surface area contributed by atoms with Gasteiger partial charge < -0.3 is 10.3 Å². The Kier molecular flexibility index (Phi) is 3.28. The van der Waals surface area contributed by atoms with E-state index in [-0.39, 0.29) is 0 Å². The van der Waals surface area contributed by atoms with Crippen molar-refractivity contribution >= 4 is 11.0 Å². The first kappa shape index (κ1) is 12.9. The molecule has 0 atom stereocenters. The van der Waals surface area contributed by atoms with E-state index < -0.39 is 0 Å². The first-order valence-corrected chi connectivity index (χ1v) is 6.87. The number of nitrogens with two attached hydrogens (primary N) is 1. The van der Waals surface area contributed by atoms with Crippen molar-refractivity contribution in [2.24, 2.45) is 11.7 Å². The topological polar surface area (TPSA) is 72.5 Å². The summed E-state index contributed by atoms with van der Waals surface area (Å²) in [6.07, 6.45) is 3.68. The fraction of sp³-hybridized carbons (Fsp3) is 0.333. The van der Waals surface area contributed by atoms with Gasteiger partial charge in [-0.3, -0.25) is 5.10 Å². The second-order valence-electron chi connectivity index (χ2n) is 5.45. The highest BCUT2D eigenvalue weighted by Crippen LogP contribution is 2.26. The molecule has 1 aromatic carbocycles. The number of benzene rings is 1. The maximum atomic E-state index is 5.71. The van der Waals surface area contributed by atoms with Crippen molar-refractivity contribution in [1.82, 2.24) is 19.7 Å². The van der Waals surface area contributed by atoms with Crippen LogP contribution in [0, 0.1) is 5.92 Å². The van der Waals surface area contributed by atoms with Gasteiger partial charge in [0, 0.05) is 19.3 Å². The minimum Gasteiger partial charge on any atom is -0.326 e. The Balaban J connectivity index is 2.21. The summed E-state index contributed by atoms with van der Waals surface area (Å²) in [6.45, 7) is 5.88. The predicted octanol–water partition coefficient (Wildman–Crippen LogP) is 2.54. The molecule has 0 radical (unpaired) electrons. The zero-order valence-corrected chi connectivity index (χ0v) is 11.8. The third-order valence-corrected chi connectivity index (χ3v) is 3.35. The normalized spacial score (nSPS) is 11.6. The number of nitrogens with one attached hydrogen (secondary N) is 1. The molecule has 3 aromatic rings. The minimum absolute atomic E-state index is 0.536. The van der Waals surface area contributed by atoms with Gasteiger partial charge in [-0.25, -0.2) is 4.98 Å². The molecule has 0 amide bonds. The molecule has 0 aliphatic heterocycles. The predicted molar refractivity (Wildman–Crippen MR) is 80.0 cm³/mol. The maximum Gasteiger partial charge on any atom is 0.144 e. The van der Waals surface area contributed by atoms with Gasteiger partial charge in [-0.05, 0) is 23.6 Å². The van der Waals surface area contributed by atoms with Crippen molar-refractivity contribution in [3.05, 3.63) is 36.2 Å². The standard InChI is InChI=1S/C15H19N5/c1-10(2)9-20-14-4-3-11(6-16)5-13(14)19-15(20)12-7-17-18-8-12/h3-5,7-8,10H,6,9,16H2,1-2H3,(H,17,18). The summed E-state index contributed by atoms with van der Waals surface area (Å²) in [5, 5.41) is 6.88. The molecule has 2 heterocycles. The molecule has 2 aromatic heterocycles. The van der Waals surface area contributed by atoms with E-state index in [2.05, 4.69) is 46.8 Å². The number of rotatable bonds is 4. The molecule has 3 N–H and O–H groups in total. The van der Waals surface area contributed by atoms with E-state index in [9.17, 15) is 0 Å². The molecular formula is C15H19N5. The third kappa shape index (κ3) is 2.20. The number of aromatic amines is 1. The number of hydrogen-bond acceptors (Lipinski definition) is 3. The molecule has 0 fully saturated rings. The third-order valence-electron chi connectivity index (χ3n) is 3.35. The lowest BCUT2D eigenvalue weighted by Gasteiger charge is -2.10. The van der Waals surface area contributed by atoms with E-state index in [0.29, 0.717) is 12.5 Å². The second-order valence-corrected chi connectivity index (χ2v) is 5.45. The van der Waals surface area contributed by atoms with Crippen molar-refractivity contribution in [3.63, 3.8) is 0 Å². The van der Waals surface area contributed by atoms with Crippen LogP contribution in [0.4, 0.5) is 0 Å². The zero-order chi connectivity index (χ0) is 14.1. The lowest BCUT2D eigenvalue weighted by Crippen LogP contribution is -2.06. The zero-order valence-electron chi connectivity index (χ0n) is 11.8. The molecule has 3 rings (SSSR count). The van der Waals surface area contributed by atoms with E-state index in [1.807, 2.05) is 12.4 Å². The highest BCUT2D eigenvalue weighted by Gasteiger charge is 2.14. The van der Waals surface area contributed by atoms with Crippen LogP contribution in [-0.2, 0) is 13.1 Å². The number of imidazole rings is 1. The van der Waals surface area contributed by atoms with Gasteiger partial charge in [0.1, 0.15) is 5.82 Å². The van der Waals surface area contributed by atoms with Crippen molar-refractivity contribution in [2.45, 2.75) is 26.9 Å². The molecule has 104 valence electrons. The second kappa shape index (κ2) is 5.09. The highest BCUT2D eigenvalue weighted by molar-refractivity contribution is 5.81. The smallest absolute Gasteiger partial charge is 0.144 e. The summed E-state index contributed by atoms with van der Waals surface area (Å²) in [4.78, 5) is 4.76. The van der Waals surface area contributed by atoms with Crippen LogP contribution < -0.4 is 5.73 Å². The number of nitrogens with zero attached hydrogens (tertiary/aromatic N) is 3. The van der Waals surface area contributed by atoms with Crippen LogP contribution in [0.1, 0.15) is 19.4 Å². The summed E-state index contributed by atoms with van der Waals surface area (Å²) >= 11 is 0. The maximum absolute atomic E-state index is 5.71. The largest absolute Gasteiger partial charge is 0.326 e. The van der Waals surface area contributed by atoms with Gasteiger partial charge >= 0.3 is 0 Å². The SMILES string of the molecule is CC(C)Cn1c(-c2cn[nH]c2)nc2cc(CN)ccc21. The van der Waals surface area contributed by atoms with Gasteiger partial charge in [0.25, 0.3) is 0 Å². The summed E-state index contributed by atoms with van der Waals surface area (Å²) < 4.78 is 2.26. The number of H-pyrrole nitrogens is 1. The van der Waals surface area contributed by atoms with Gasteiger partial charge in [0.05, 0.1) is 22.8 Å². The van der Waals surface area contributed by atoms with Gasteiger partial charge in [-0.1, -0.05) is 19.9 Å². The van der Waals surface area contributed by atoms with Gasteiger partial charge in [-0.2, -0.15) is 5.10 Å². The van der Waals surface area contributed by atoms with E-state index in [1.165, 1.54) is 0 Å². The first-order valence-electron chi connectivity index (χ1n) is 6.87. The lowest BCUT2D eigenvalue weighted by atomic mass is 10.2. The number of aromatic nitrogens is 4. The van der Waals surface area contributed by atoms with Crippen LogP contribution in [-0.4, -0.2) is 19.7 Å². The molecule has 5 nitrogen and oxygen atoms in total. The quantitative estimate of drug-likeness (QED) is 0.764. The Morgan fingerprint density at radius 2 is 2.20 bits per heavy atom. The minimum atomic E-state index is 0.536. The van der Waals surface area contributed by atoms with E-state index in [0.717, 1.165) is 34.5 Å². The monoisotopic (exact) mass is 269 g/mol. The number of fused-ring (bicyclic) bond motifs is 1. The van der Waals surface area contributed by atoms with Crippen LogP contribution in [0.3, 0.4) is 0 Å². The summed E-state index contributed by atoms with van der Waals surface area (Å²) in [5.41, 5.74) is 9.96. The Hall–Kier alpha value is -2.14. The van der Waals surface area contributed by atoms with Crippen molar-refractivity contribution < 1.29 is 0 Å². The van der Waals surface area contributed by atoms with Crippen molar-refractivity contribution in [2.75, 3.05) is 0 Å². The van der Waals surface area contributed by atoms with Crippen LogP contribution in [0.2, 0.25) is 0 Å². The molecule has 0 aliphatic rings. The van der Waals surface area contributed by atoms with Crippen molar-refractivity contribution in [3.8, 4) is 11.4 Å². The van der Waals surface area contributed by atoms with Crippen LogP contribution in [0.15, 0.2) is 30.6 Å². The van der Waals surface area contributed by atoms with E-state index in [1.54, 1.807) is 0 Å². The fourth-order valence-electron chi connectivity index (χ4n) is 2.45. The Morgan fingerprint density at radius 3 is 2.85 bits per heavy atom. The summed E-state index contributed by atoms with van der Waals surface area (Å²) in [6, 6.07) is 6.24. The molecule has 0 saturated heterocycles. The lowest BCUT2D eigenvalue weighted by molar-refractivity contribution is 0.536. The van der Waals surface area contributed by atoms with Gasteiger partial charge in [0.15, 0.2) is 0 Å². The molecule has 0 unspecified atom stereocenters. The van der Waals surface area contributed by atoms with Crippen molar-refractivity contribution in [1.29, 1.82) is 0 Å². The van der Waals surface area contributed by atoms with E-state index >= 15 is 0 Å². The Bertz CT molecular complexity index is 709. The first-order chi connectivity index (χ1) is 9.69. The number of hydrogen-bond donors (Lipinski definition) is 2. The molecule has 0 bridgehead atoms.